The highest BCUT2D eigenvalue weighted by Crippen LogP contribution is 2.55. The molecule has 2 aliphatic rings. The van der Waals surface area contributed by atoms with E-state index >= 15 is 0 Å². The molecule has 0 bridgehead atoms. The highest BCUT2D eigenvalue weighted by atomic mass is 19.4. The second kappa shape index (κ2) is 9.40. The summed E-state index contributed by atoms with van der Waals surface area (Å²) >= 11 is 0. The Hall–Kier alpha value is -2.50. The van der Waals surface area contributed by atoms with E-state index in [1.165, 1.54) is 29.7 Å². The molecule has 1 fully saturated rings. The number of rotatable bonds is 6. The van der Waals surface area contributed by atoms with Gasteiger partial charge in [0.05, 0.1) is 18.4 Å². The number of fused-ring (bicyclic) bond motifs is 3. The van der Waals surface area contributed by atoms with Crippen LogP contribution in [-0.4, -0.2) is 13.3 Å². The molecular formula is C27H33F3N2O. The average Bonchev–Trinajstić information content (AvgIpc) is 2.80. The van der Waals surface area contributed by atoms with Crippen LogP contribution in [0.2, 0.25) is 0 Å². The molecule has 0 aliphatic heterocycles. The molecule has 0 amide bonds. The SMILES string of the molecule is CCC[C@H]1[C@@H]2CCc3cc(OC)ccc3[C@H]2CC[C@]1(C)/C=N/Nc1ccc(C(F)(F)F)cc1. The van der Waals surface area contributed by atoms with Gasteiger partial charge in [-0.05, 0) is 97.4 Å². The van der Waals surface area contributed by atoms with Gasteiger partial charge in [0.1, 0.15) is 5.75 Å². The monoisotopic (exact) mass is 458 g/mol. The molecule has 1 saturated carbocycles. The zero-order chi connectivity index (χ0) is 23.6. The first kappa shape index (κ1) is 23.7. The standard InChI is InChI=1S/C27H33F3N2O/c1-4-5-25-24-12-6-18-16-21(33-3)11-13-22(18)23(24)14-15-26(25,2)17-31-32-20-9-7-19(8-10-20)27(28,29)30/h7-11,13,16-17,23-25,32H,4-6,12,14-15H2,1-3H3/b31-17+/t23-,24-,25+,26-/m1/s1. The minimum Gasteiger partial charge on any atom is -0.497 e. The Balaban J connectivity index is 1.50. The Morgan fingerprint density at radius 3 is 2.58 bits per heavy atom. The summed E-state index contributed by atoms with van der Waals surface area (Å²) in [4.78, 5) is 0. The number of ether oxygens (including phenoxy) is 1. The Kier molecular flexibility index (Phi) is 6.73. The van der Waals surface area contributed by atoms with E-state index in [9.17, 15) is 13.2 Å². The molecule has 33 heavy (non-hydrogen) atoms. The number of halogens is 3. The van der Waals surface area contributed by atoms with Crippen molar-refractivity contribution in [3.05, 3.63) is 59.2 Å². The molecule has 0 unspecified atom stereocenters. The van der Waals surface area contributed by atoms with Crippen LogP contribution < -0.4 is 10.2 Å². The predicted molar refractivity (Wildman–Crippen MR) is 127 cm³/mol. The van der Waals surface area contributed by atoms with Gasteiger partial charge in [-0.15, -0.1) is 0 Å². The highest BCUT2D eigenvalue weighted by molar-refractivity contribution is 5.68. The van der Waals surface area contributed by atoms with Gasteiger partial charge in [-0.2, -0.15) is 18.3 Å². The summed E-state index contributed by atoms with van der Waals surface area (Å²) in [5.74, 6) is 2.64. The van der Waals surface area contributed by atoms with Crippen molar-refractivity contribution < 1.29 is 17.9 Å². The lowest BCUT2D eigenvalue weighted by atomic mass is 9.54. The number of anilines is 1. The van der Waals surface area contributed by atoms with Crippen LogP contribution in [0.3, 0.4) is 0 Å². The number of nitrogens with zero attached hydrogens (tertiary/aromatic N) is 1. The van der Waals surface area contributed by atoms with Crippen molar-refractivity contribution >= 4 is 11.9 Å². The number of nitrogens with one attached hydrogen (secondary N) is 1. The zero-order valence-corrected chi connectivity index (χ0v) is 19.6. The van der Waals surface area contributed by atoms with Crippen molar-refractivity contribution in [2.24, 2.45) is 22.4 Å². The number of hydrogen-bond acceptors (Lipinski definition) is 3. The van der Waals surface area contributed by atoms with Crippen LogP contribution >= 0.6 is 0 Å². The first-order valence-electron chi connectivity index (χ1n) is 11.9. The van der Waals surface area contributed by atoms with E-state index in [1.807, 2.05) is 6.21 Å². The number of hydrazone groups is 1. The molecule has 3 nitrogen and oxygen atoms in total. The van der Waals surface area contributed by atoms with E-state index in [-0.39, 0.29) is 5.41 Å². The molecule has 4 atom stereocenters. The zero-order valence-electron chi connectivity index (χ0n) is 19.6. The maximum absolute atomic E-state index is 12.8. The summed E-state index contributed by atoms with van der Waals surface area (Å²) in [5.41, 5.74) is 5.72. The van der Waals surface area contributed by atoms with Crippen LogP contribution in [0.25, 0.3) is 0 Å². The van der Waals surface area contributed by atoms with E-state index in [0.717, 1.165) is 50.0 Å². The molecule has 1 N–H and O–H groups in total. The van der Waals surface area contributed by atoms with Gasteiger partial charge in [-0.1, -0.05) is 26.3 Å². The molecule has 0 spiro atoms. The van der Waals surface area contributed by atoms with Gasteiger partial charge in [0.15, 0.2) is 0 Å². The van der Waals surface area contributed by atoms with Crippen molar-refractivity contribution in [1.82, 2.24) is 0 Å². The van der Waals surface area contributed by atoms with Crippen molar-refractivity contribution in [3.63, 3.8) is 0 Å². The largest absolute Gasteiger partial charge is 0.497 e. The summed E-state index contributed by atoms with van der Waals surface area (Å²) in [6, 6.07) is 11.6. The normalized spacial score (nSPS) is 27.2. The summed E-state index contributed by atoms with van der Waals surface area (Å²) in [5, 5.41) is 4.49. The second-order valence-corrected chi connectivity index (χ2v) is 9.76. The van der Waals surface area contributed by atoms with E-state index in [1.54, 1.807) is 7.11 Å². The maximum Gasteiger partial charge on any atom is 0.416 e. The van der Waals surface area contributed by atoms with Crippen molar-refractivity contribution in [2.75, 3.05) is 12.5 Å². The number of hydrogen-bond donors (Lipinski definition) is 1. The summed E-state index contributed by atoms with van der Waals surface area (Å²) in [6.07, 6.45) is 4.37. The van der Waals surface area contributed by atoms with Gasteiger partial charge in [-0.25, -0.2) is 0 Å². The van der Waals surface area contributed by atoms with Gasteiger partial charge < -0.3 is 4.74 Å². The van der Waals surface area contributed by atoms with Gasteiger partial charge in [0, 0.05) is 11.6 Å². The van der Waals surface area contributed by atoms with Crippen molar-refractivity contribution in [2.45, 2.75) is 64.5 Å². The van der Waals surface area contributed by atoms with Gasteiger partial charge in [-0.3, -0.25) is 5.43 Å². The third-order valence-corrected chi connectivity index (χ3v) is 7.74. The topological polar surface area (TPSA) is 33.6 Å². The lowest BCUT2D eigenvalue weighted by Gasteiger charge is -2.50. The number of alkyl halides is 3. The van der Waals surface area contributed by atoms with E-state index < -0.39 is 11.7 Å². The first-order valence-corrected chi connectivity index (χ1v) is 11.9. The first-order chi connectivity index (χ1) is 15.7. The molecular weight excluding hydrogens is 425 g/mol. The molecule has 2 aromatic rings. The quantitative estimate of drug-likeness (QED) is 0.356. The molecule has 2 aliphatic carbocycles. The summed E-state index contributed by atoms with van der Waals surface area (Å²) in [6.45, 7) is 4.54. The smallest absolute Gasteiger partial charge is 0.416 e. The van der Waals surface area contributed by atoms with Crippen LogP contribution in [0.1, 0.15) is 68.6 Å². The Morgan fingerprint density at radius 2 is 1.91 bits per heavy atom. The molecule has 0 saturated heterocycles. The Labute approximate surface area is 194 Å². The van der Waals surface area contributed by atoms with Crippen LogP contribution in [0.5, 0.6) is 5.75 Å². The van der Waals surface area contributed by atoms with Crippen molar-refractivity contribution in [3.8, 4) is 5.75 Å². The molecule has 0 radical (unpaired) electrons. The maximum atomic E-state index is 12.8. The van der Waals surface area contributed by atoms with E-state index in [0.29, 0.717) is 23.4 Å². The fourth-order valence-electron chi connectivity index (χ4n) is 6.04. The van der Waals surface area contributed by atoms with Gasteiger partial charge >= 0.3 is 6.18 Å². The molecule has 0 heterocycles. The third-order valence-electron chi connectivity index (χ3n) is 7.74. The minimum absolute atomic E-state index is 0.0416. The van der Waals surface area contributed by atoms with Crippen molar-refractivity contribution in [1.29, 1.82) is 0 Å². The molecule has 0 aromatic heterocycles. The number of benzene rings is 2. The summed E-state index contributed by atoms with van der Waals surface area (Å²) < 4.78 is 43.8. The number of aryl methyl sites for hydroxylation is 1. The van der Waals surface area contributed by atoms with E-state index in [4.69, 9.17) is 4.74 Å². The molecule has 178 valence electrons. The lowest BCUT2D eigenvalue weighted by Crippen LogP contribution is -2.43. The van der Waals surface area contributed by atoms with Gasteiger partial charge in [0.2, 0.25) is 0 Å². The minimum atomic E-state index is -4.33. The number of methoxy groups -OCH3 is 1. The fourth-order valence-corrected chi connectivity index (χ4v) is 6.04. The highest BCUT2D eigenvalue weighted by Gasteiger charge is 2.47. The van der Waals surface area contributed by atoms with Crippen LogP contribution in [0, 0.1) is 17.3 Å². The van der Waals surface area contributed by atoms with Crippen LogP contribution in [0.15, 0.2) is 47.6 Å². The predicted octanol–water partition coefficient (Wildman–Crippen LogP) is 7.67. The summed E-state index contributed by atoms with van der Waals surface area (Å²) in [7, 11) is 1.72. The van der Waals surface area contributed by atoms with Gasteiger partial charge in [0.25, 0.3) is 0 Å². The second-order valence-electron chi connectivity index (χ2n) is 9.76. The van der Waals surface area contributed by atoms with Crippen LogP contribution in [-0.2, 0) is 12.6 Å². The fraction of sp³-hybridized carbons (Fsp3) is 0.519. The molecule has 6 heteroatoms. The third kappa shape index (κ3) is 4.90. The Morgan fingerprint density at radius 1 is 1.15 bits per heavy atom. The van der Waals surface area contributed by atoms with E-state index in [2.05, 4.69) is 42.6 Å². The lowest BCUT2D eigenvalue weighted by molar-refractivity contribution is -0.137. The van der Waals surface area contributed by atoms with Crippen LogP contribution in [0.4, 0.5) is 18.9 Å². The molecule has 4 rings (SSSR count). The Bertz CT molecular complexity index is 986. The average molecular weight is 459 g/mol. The molecule has 2 aromatic carbocycles.